The molecule has 0 radical (unpaired) electrons. The number of pyridine rings is 1. The average Bonchev–Trinajstić information content (AvgIpc) is 3.31. The molecule has 2 heterocycles. The molecule has 0 amide bonds. The van der Waals surface area contributed by atoms with Gasteiger partial charge in [-0.1, -0.05) is 182 Å². The van der Waals surface area contributed by atoms with Crippen molar-refractivity contribution in [3.63, 3.8) is 0 Å². The van der Waals surface area contributed by atoms with Gasteiger partial charge in [0.15, 0.2) is 5.82 Å². The van der Waals surface area contributed by atoms with Crippen LogP contribution in [0.3, 0.4) is 0 Å². The molecular weight excluding hydrogens is 703 g/mol. The lowest BCUT2D eigenvalue weighted by molar-refractivity contribution is 1.18. The van der Waals surface area contributed by atoms with E-state index in [2.05, 4.69) is 199 Å². The summed E-state index contributed by atoms with van der Waals surface area (Å²) in [5.41, 5.74) is 11.8. The van der Waals surface area contributed by atoms with Gasteiger partial charge in [0.05, 0.1) is 11.4 Å². The largest absolute Gasteiger partial charge is 0.263 e. The molecule has 58 heavy (non-hydrogen) atoms. The van der Waals surface area contributed by atoms with E-state index in [1.54, 1.807) is 0 Å². The van der Waals surface area contributed by atoms with Crippen LogP contribution in [-0.2, 0) is 0 Å². The number of fused-ring (bicyclic) bond motifs is 5. The van der Waals surface area contributed by atoms with Gasteiger partial charge in [0.1, 0.15) is 0 Å². The Hall–Kier alpha value is -7.75. The third-order valence-corrected chi connectivity index (χ3v) is 11.4. The summed E-state index contributed by atoms with van der Waals surface area (Å²) in [6.45, 7) is 0. The summed E-state index contributed by atoms with van der Waals surface area (Å²) < 4.78 is 0. The molecular formula is C55H35N3. The standard InChI is InChI=1S/C55H35N3/c1-2-13-37(14-3-1)53-33-54(58-55(57-53)41-18-12-17-39(31-41)51-32-40-15-4-6-19-43(40)46-21-9-11-24-49(46)51)38-27-25-36(26-28-38)45-29-30-50(48-23-10-8-22-47(45)48)52-35-56-34-42-16-5-7-20-44(42)52/h1-35H. The Balaban J connectivity index is 1.00. The maximum Gasteiger partial charge on any atom is 0.160 e. The monoisotopic (exact) mass is 737 g/mol. The molecule has 3 heteroatoms. The molecule has 0 atom stereocenters. The summed E-state index contributed by atoms with van der Waals surface area (Å²) in [6, 6.07) is 71.2. The molecule has 0 aliphatic carbocycles. The van der Waals surface area contributed by atoms with Crippen LogP contribution >= 0.6 is 0 Å². The maximum absolute atomic E-state index is 5.25. The summed E-state index contributed by atoms with van der Waals surface area (Å²) in [6.07, 6.45) is 3.92. The highest BCUT2D eigenvalue weighted by Gasteiger charge is 2.16. The highest BCUT2D eigenvalue weighted by atomic mass is 14.9. The molecule has 0 spiro atoms. The number of hydrogen-bond donors (Lipinski definition) is 0. The van der Waals surface area contributed by atoms with Crippen molar-refractivity contribution in [2.75, 3.05) is 0 Å². The second-order valence-electron chi connectivity index (χ2n) is 14.8. The van der Waals surface area contributed by atoms with Gasteiger partial charge in [0.25, 0.3) is 0 Å². The van der Waals surface area contributed by atoms with E-state index in [4.69, 9.17) is 9.97 Å². The zero-order valence-electron chi connectivity index (χ0n) is 31.5. The molecule has 0 aliphatic heterocycles. The van der Waals surface area contributed by atoms with Gasteiger partial charge in [-0.25, -0.2) is 9.97 Å². The first-order chi connectivity index (χ1) is 28.7. The Labute approximate surface area is 336 Å². The molecule has 3 nitrogen and oxygen atoms in total. The minimum absolute atomic E-state index is 0.692. The second kappa shape index (κ2) is 14.1. The van der Waals surface area contributed by atoms with Crippen LogP contribution in [0.1, 0.15) is 0 Å². The quantitative estimate of drug-likeness (QED) is 0.160. The van der Waals surface area contributed by atoms with Gasteiger partial charge in [0.2, 0.25) is 0 Å². The van der Waals surface area contributed by atoms with Crippen molar-refractivity contribution in [3.8, 4) is 67.3 Å². The minimum atomic E-state index is 0.692. The van der Waals surface area contributed by atoms with Crippen molar-refractivity contribution >= 4 is 43.1 Å². The highest BCUT2D eigenvalue weighted by Crippen LogP contribution is 2.40. The summed E-state index contributed by atoms with van der Waals surface area (Å²) >= 11 is 0. The first-order valence-electron chi connectivity index (χ1n) is 19.7. The molecule has 0 saturated heterocycles. The van der Waals surface area contributed by atoms with Crippen molar-refractivity contribution in [2.24, 2.45) is 0 Å². The van der Waals surface area contributed by atoms with E-state index in [9.17, 15) is 0 Å². The molecule has 0 aliphatic rings. The van der Waals surface area contributed by atoms with Crippen LogP contribution in [-0.4, -0.2) is 15.0 Å². The van der Waals surface area contributed by atoms with Gasteiger partial charge >= 0.3 is 0 Å². The Morgan fingerprint density at radius 1 is 0.259 bits per heavy atom. The molecule has 0 N–H and O–H groups in total. The fraction of sp³-hybridized carbons (Fsp3) is 0. The first kappa shape index (κ1) is 33.6. The fourth-order valence-electron chi connectivity index (χ4n) is 8.54. The summed E-state index contributed by atoms with van der Waals surface area (Å²) in [5.74, 6) is 0.692. The van der Waals surface area contributed by atoms with Crippen LogP contribution in [0.4, 0.5) is 0 Å². The molecule has 0 saturated carbocycles. The molecule has 270 valence electrons. The molecule has 0 bridgehead atoms. The van der Waals surface area contributed by atoms with E-state index >= 15 is 0 Å². The normalized spacial score (nSPS) is 11.4. The van der Waals surface area contributed by atoms with Gasteiger partial charge < -0.3 is 0 Å². The van der Waals surface area contributed by atoms with Crippen molar-refractivity contribution in [1.82, 2.24) is 15.0 Å². The van der Waals surface area contributed by atoms with E-state index in [1.165, 1.54) is 54.4 Å². The predicted molar refractivity (Wildman–Crippen MR) is 242 cm³/mol. The van der Waals surface area contributed by atoms with E-state index in [1.807, 2.05) is 18.5 Å². The van der Waals surface area contributed by atoms with Gasteiger partial charge in [-0.05, 0) is 83.7 Å². The zero-order valence-corrected chi connectivity index (χ0v) is 31.5. The summed E-state index contributed by atoms with van der Waals surface area (Å²) in [4.78, 5) is 15.0. The van der Waals surface area contributed by atoms with E-state index in [0.29, 0.717) is 5.82 Å². The predicted octanol–water partition coefficient (Wildman–Crippen LogP) is 14.5. The Morgan fingerprint density at radius 2 is 0.793 bits per heavy atom. The fourth-order valence-corrected chi connectivity index (χ4v) is 8.54. The number of rotatable bonds is 6. The lowest BCUT2D eigenvalue weighted by Gasteiger charge is -2.14. The van der Waals surface area contributed by atoms with Crippen LogP contribution in [0.5, 0.6) is 0 Å². The number of aromatic nitrogens is 3. The zero-order chi connectivity index (χ0) is 38.4. The van der Waals surface area contributed by atoms with Gasteiger partial charge in [0, 0.05) is 40.0 Å². The molecule has 0 fully saturated rings. The van der Waals surface area contributed by atoms with E-state index in [0.717, 1.165) is 50.2 Å². The van der Waals surface area contributed by atoms with Crippen LogP contribution in [0.15, 0.2) is 213 Å². The first-order valence-corrected chi connectivity index (χ1v) is 19.7. The Bertz CT molecular complexity index is 3330. The summed E-state index contributed by atoms with van der Waals surface area (Å²) in [5, 5.41) is 9.71. The van der Waals surface area contributed by atoms with Crippen LogP contribution in [0, 0.1) is 0 Å². The van der Waals surface area contributed by atoms with Crippen molar-refractivity contribution in [2.45, 2.75) is 0 Å². The third-order valence-electron chi connectivity index (χ3n) is 11.4. The van der Waals surface area contributed by atoms with E-state index < -0.39 is 0 Å². The number of nitrogens with zero attached hydrogens (tertiary/aromatic N) is 3. The number of benzene rings is 9. The number of hydrogen-bond acceptors (Lipinski definition) is 3. The average molecular weight is 738 g/mol. The molecule has 0 unspecified atom stereocenters. The molecule has 11 rings (SSSR count). The van der Waals surface area contributed by atoms with Crippen molar-refractivity contribution in [1.29, 1.82) is 0 Å². The summed E-state index contributed by atoms with van der Waals surface area (Å²) in [7, 11) is 0. The van der Waals surface area contributed by atoms with Crippen molar-refractivity contribution in [3.05, 3.63) is 213 Å². The lowest BCUT2D eigenvalue weighted by Crippen LogP contribution is -1.96. The lowest BCUT2D eigenvalue weighted by atomic mass is 9.90. The topological polar surface area (TPSA) is 38.7 Å². The van der Waals surface area contributed by atoms with Crippen molar-refractivity contribution < 1.29 is 0 Å². The third kappa shape index (κ3) is 5.89. The van der Waals surface area contributed by atoms with Gasteiger partial charge in [-0.15, -0.1) is 0 Å². The molecule has 2 aromatic heterocycles. The maximum atomic E-state index is 5.25. The SMILES string of the molecule is c1ccc(-c2cc(-c3ccc(-c4ccc(-c5cncc6ccccc56)c5ccccc45)cc3)nc(-c3cccc(-c4cc5ccccc5c5ccccc45)c3)n2)cc1. The second-order valence-corrected chi connectivity index (χ2v) is 14.8. The van der Waals surface area contributed by atoms with Gasteiger partial charge in [-0.2, -0.15) is 0 Å². The molecule has 9 aromatic carbocycles. The molecule has 11 aromatic rings. The Kier molecular flexibility index (Phi) is 8.15. The van der Waals surface area contributed by atoms with Gasteiger partial charge in [-0.3, -0.25) is 4.98 Å². The Morgan fingerprint density at radius 3 is 1.55 bits per heavy atom. The van der Waals surface area contributed by atoms with Crippen LogP contribution < -0.4 is 0 Å². The smallest absolute Gasteiger partial charge is 0.160 e. The minimum Gasteiger partial charge on any atom is -0.263 e. The highest BCUT2D eigenvalue weighted by molar-refractivity contribution is 6.14. The van der Waals surface area contributed by atoms with E-state index in [-0.39, 0.29) is 0 Å². The van der Waals surface area contributed by atoms with Crippen LogP contribution in [0.2, 0.25) is 0 Å². The van der Waals surface area contributed by atoms with Crippen LogP contribution in [0.25, 0.3) is 110 Å².